The number of hydrogen-bond acceptors (Lipinski definition) is 2. The molecule has 0 radical (unpaired) electrons. The Morgan fingerprint density at radius 3 is 2.33 bits per heavy atom. The molecule has 1 aromatic carbocycles. The molecule has 0 aliphatic heterocycles. The Balaban J connectivity index is 2.48. The third-order valence-corrected chi connectivity index (χ3v) is 3.20. The summed E-state index contributed by atoms with van der Waals surface area (Å²) in [6, 6.07) is 9.35. The van der Waals surface area contributed by atoms with Crippen molar-refractivity contribution in [3.05, 3.63) is 35.4 Å². The van der Waals surface area contributed by atoms with E-state index >= 15 is 0 Å². The van der Waals surface area contributed by atoms with E-state index in [0.717, 1.165) is 26.1 Å². The number of ether oxygens (including phenoxy) is 1. The number of likely N-dealkylation sites (N-methyl/N-ethyl adjacent to an activating group) is 1. The Bertz CT molecular complexity index is 318. The van der Waals surface area contributed by atoms with Crippen molar-refractivity contribution in [1.29, 1.82) is 0 Å². The molecule has 0 saturated carbocycles. The van der Waals surface area contributed by atoms with E-state index in [9.17, 15) is 0 Å². The smallest absolute Gasteiger partial charge is 0.0622 e. The molecule has 0 aliphatic rings. The van der Waals surface area contributed by atoms with Crippen LogP contribution in [-0.2, 0) is 11.2 Å². The first-order valence-electron chi connectivity index (χ1n) is 7.01. The van der Waals surface area contributed by atoms with Crippen LogP contribution in [0.5, 0.6) is 0 Å². The number of hydrogen-bond donors (Lipinski definition) is 1. The molecule has 0 fully saturated rings. The van der Waals surface area contributed by atoms with Gasteiger partial charge in [0.2, 0.25) is 0 Å². The monoisotopic (exact) mass is 249 g/mol. The Morgan fingerprint density at radius 1 is 1.17 bits per heavy atom. The molecule has 2 heteroatoms. The molecule has 0 heterocycles. The Kier molecular flexibility index (Phi) is 6.99. The second-order valence-corrected chi connectivity index (χ2v) is 5.16. The molecule has 1 atom stereocenters. The van der Waals surface area contributed by atoms with Gasteiger partial charge in [0, 0.05) is 12.6 Å². The van der Waals surface area contributed by atoms with Gasteiger partial charge in [-0.1, -0.05) is 45.0 Å². The lowest BCUT2D eigenvalue weighted by Crippen LogP contribution is -2.32. The van der Waals surface area contributed by atoms with Crippen LogP contribution < -0.4 is 5.32 Å². The molecule has 1 aromatic rings. The predicted molar refractivity (Wildman–Crippen MR) is 78.2 cm³/mol. The van der Waals surface area contributed by atoms with E-state index in [4.69, 9.17) is 4.74 Å². The summed E-state index contributed by atoms with van der Waals surface area (Å²) < 4.78 is 5.61. The maximum atomic E-state index is 5.61. The fourth-order valence-corrected chi connectivity index (χ4v) is 1.94. The first-order valence-corrected chi connectivity index (χ1v) is 7.01. The second-order valence-electron chi connectivity index (χ2n) is 5.16. The van der Waals surface area contributed by atoms with Crippen molar-refractivity contribution in [2.45, 2.75) is 45.6 Å². The van der Waals surface area contributed by atoms with Gasteiger partial charge in [-0.2, -0.15) is 0 Å². The van der Waals surface area contributed by atoms with E-state index in [1.54, 1.807) is 0 Å². The van der Waals surface area contributed by atoms with E-state index in [2.05, 4.69) is 50.4 Å². The van der Waals surface area contributed by atoms with E-state index in [1.165, 1.54) is 11.1 Å². The molecule has 1 rings (SSSR count). The van der Waals surface area contributed by atoms with Crippen LogP contribution in [0, 0.1) is 0 Å². The van der Waals surface area contributed by atoms with Crippen molar-refractivity contribution in [2.24, 2.45) is 0 Å². The van der Waals surface area contributed by atoms with Gasteiger partial charge in [-0.15, -0.1) is 0 Å². The molecule has 0 aliphatic carbocycles. The minimum absolute atomic E-state index is 0.404. The minimum atomic E-state index is 0.404. The summed E-state index contributed by atoms with van der Waals surface area (Å²) in [5, 5.41) is 3.32. The molecule has 0 aromatic heterocycles. The molecule has 1 N–H and O–H groups in total. The maximum Gasteiger partial charge on any atom is 0.0622 e. The lowest BCUT2D eigenvalue weighted by atomic mass is 9.99. The molecule has 0 saturated heterocycles. The van der Waals surface area contributed by atoms with Crippen LogP contribution in [0.15, 0.2) is 24.3 Å². The van der Waals surface area contributed by atoms with Gasteiger partial charge in [-0.05, 0) is 36.9 Å². The number of rotatable bonds is 8. The van der Waals surface area contributed by atoms with Gasteiger partial charge in [-0.25, -0.2) is 0 Å². The van der Waals surface area contributed by atoms with Gasteiger partial charge in [0.25, 0.3) is 0 Å². The summed E-state index contributed by atoms with van der Waals surface area (Å²) in [6.45, 7) is 8.23. The van der Waals surface area contributed by atoms with Crippen LogP contribution in [0.3, 0.4) is 0 Å². The van der Waals surface area contributed by atoms with Gasteiger partial charge in [0.05, 0.1) is 6.61 Å². The zero-order chi connectivity index (χ0) is 13.4. The molecule has 1 unspecified atom stereocenters. The standard InChI is InChI=1S/C16H27NO/c1-5-10-18-12-16(17-4)11-14-6-8-15(9-7-14)13(2)3/h6-9,13,16-17H,5,10-12H2,1-4H3. The third-order valence-electron chi connectivity index (χ3n) is 3.20. The fraction of sp³-hybridized carbons (Fsp3) is 0.625. The van der Waals surface area contributed by atoms with Crippen molar-refractivity contribution >= 4 is 0 Å². The molecular weight excluding hydrogens is 222 g/mol. The normalized spacial score (nSPS) is 12.9. The van der Waals surface area contributed by atoms with E-state index in [0.29, 0.717) is 12.0 Å². The summed E-state index contributed by atoms with van der Waals surface area (Å²) in [5.41, 5.74) is 2.78. The molecular formula is C16H27NO. The van der Waals surface area contributed by atoms with Crippen molar-refractivity contribution < 1.29 is 4.74 Å². The van der Waals surface area contributed by atoms with Crippen molar-refractivity contribution in [2.75, 3.05) is 20.3 Å². The highest BCUT2D eigenvalue weighted by Gasteiger charge is 2.07. The van der Waals surface area contributed by atoms with E-state index in [1.807, 2.05) is 7.05 Å². The van der Waals surface area contributed by atoms with Crippen LogP contribution in [0.25, 0.3) is 0 Å². The largest absolute Gasteiger partial charge is 0.380 e. The Morgan fingerprint density at radius 2 is 1.83 bits per heavy atom. The second kappa shape index (κ2) is 8.28. The first kappa shape index (κ1) is 15.2. The minimum Gasteiger partial charge on any atom is -0.380 e. The first-order chi connectivity index (χ1) is 8.67. The molecule has 2 nitrogen and oxygen atoms in total. The third kappa shape index (κ3) is 5.19. The zero-order valence-corrected chi connectivity index (χ0v) is 12.2. The van der Waals surface area contributed by atoms with Crippen molar-refractivity contribution in [3.8, 4) is 0 Å². The highest BCUT2D eigenvalue weighted by molar-refractivity contribution is 5.25. The SMILES string of the molecule is CCCOCC(Cc1ccc(C(C)C)cc1)NC. The Hall–Kier alpha value is -0.860. The summed E-state index contributed by atoms with van der Waals surface area (Å²) in [6.07, 6.45) is 2.11. The van der Waals surface area contributed by atoms with Crippen LogP contribution >= 0.6 is 0 Å². The average Bonchev–Trinajstić information content (AvgIpc) is 2.38. The van der Waals surface area contributed by atoms with Gasteiger partial charge in [0.15, 0.2) is 0 Å². The van der Waals surface area contributed by atoms with Crippen LogP contribution in [0.1, 0.15) is 44.2 Å². The lowest BCUT2D eigenvalue weighted by molar-refractivity contribution is 0.114. The summed E-state index contributed by atoms with van der Waals surface area (Å²) >= 11 is 0. The van der Waals surface area contributed by atoms with E-state index < -0.39 is 0 Å². The molecule has 0 bridgehead atoms. The quantitative estimate of drug-likeness (QED) is 0.713. The maximum absolute atomic E-state index is 5.61. The van der Waals surface area contributed by atoms with Crippen LogP contribution in [-0.4, -0.2) is 26.3 Å². The van der Waals surface area contributed by atoms with E-state index in [-0.39, 0.29) is 0 Å². The van der Waals surface area contributed by atoms with Gasteiger partial charge in [-0.3, -0.25) is 0 Å². The van der Waals surface area contributed by atoms with Crippen LogP contribution in [0.4, 0.5) is 0 Å². The number of nitrogens with one attached hydrogen (secondary N) is 1. The van der Waals surface area contributed by atoms with Crippen molar-refractivity contribution in [3.63, 3.8) is 0 Å². The summed E-state index contributed by atoms with van der Waals surface area (Å²) in [4.78, 5) is 0. The molecule has 102 valence electrons. The highest BCUT2D eigenvalue weighted by Crippen LogP contribution is 2.15. The summed E-state index contributed by atoms with van der Waals surface area (Å²) in [7, 11) is 2.00. The lowest BCUT2D eigenvalue weighted by Gasteiger charge is -2.16. The molecule has 0 spiro atoms. The molecule has 0 amide bonds. The molecule has 18 heavy (non-hydrogen) atoms. The fourth-order valence-electron chi connectivity index (χ4n) is 1.94. The average molecular weight is 249 g/mol. The van der Waals surface area contributed by atoms with Crippen LogP contribution in [0.2, 0.25) is 0 Å². The van der Waals surface area contributed by atoms with Gasteiger partial charge >= 0.3 is 0 Å². The predicted octanol–water partition coefficient (Wildman–Crippen LogP) is 3.37. The van der Waals surface area contributed by atoms with Gasteiger partial charge in [0.1, 0.15) is 0 Å². The topological polar surface area (TPSA) is 21.3 Å². The summed E-state index contributed by atoms with van der Waals surface area (Å²) in [5.74, 6) is 0.604. The van der Waals surface area contributed by atoms with Crippen molar-refractivity contribution in [1.82, 2.24) is 5.32 Å². The van der Waals surface area contributed by atoms with Gasteiger partial charge < -0.3 is 10.1 Å². The zero-order valence-electron chi connectivity index (χ0n) is 12.2. The highest BCUT2D eigenvalue weighted by atomic mass is 16.5. The Labute approximate surface area is 112 Å². The number of benzene rings is 1.